The maximum Gasteiger partial charge on any atom is 0.319 e. The van der Waals surface area contributed by atoms with Crippen LogP contribution in [0.15, 0.2) is 42.5 Å². The van der Waals surface area contributed by atoms with E-state index in [4.69, 9.17) is 0 Å². The monoisotopic (exact) mass is 431 g/mol. The van der Waals surface area contributed by atoms with Gasteiger partial charge in [-0.05, 0) is 75.4 Å². The minimum absolute atomic E-state index is 0.221. The summed E-state index contributed by atoms with van der Waals surface area (Å²) in [4.78, 5) is 12.8. The van der Waals surface area contributed by atoms with Gasteiger partial charge in [-0.3, -0.25) is 0 Å². The zero-order valence-electron chi connectivity index (χ0n) is 19.5. The van der Waals surface area contributed by atoms with Crippen LogP contribution >= 0.6 is 0 Å². The summed E-state index contributed by atoms with van der Waals surface area (Å²) in [5.41, 5.74) is 4.91. The highest BCUT2D eigenvalue weighted by Crippen LogP contribution is 2.27. The van der Waals surface area contributed by atoms with Gasteiger partial charge in [-0.1, -0.05) is 37.1 Å². The molecule has 1 aromatic heterocycles. The molecule has 2 aromatic carbocycles. The molecule has 6 nitrogen and oxygen atoms in total. The summed E-state index contributed by atoms with van der Waals surface area (Å²) < 4.78 is 2.23. The number of anilines is 1. The number of rotatable bonds is 5. The summed E-state index contributed by atoms with van der Waals surface area (Å²) in [6.07, 6.45) is 5.49. The quantitative estimate of drug-likeness (QED) is 0.552. The van der Waals surface area contributed by atoms with E-state index in [-0.39, 0.29) is 6.03 Å². The first-order chi connectivity index (χ1) is 15.4. The van der Waals surface area contributed by atoms with Crippen LogP contribution in [0.2, 0.25) is 0 Å². The van der Waals surface area contributed by atoms with Crippen molar-refractivity contribution in [2.45, 2.75) is 71.9 Å². The van der Waals surface area contributed by atoms with Crippen molar-refractivity contribution in [3.05, 3.63) is 65.0 Å². The molecule has 0 radical (unpaired) electrons. The molecular weight excluding hydrogens is 398 g/mol. The average Bonchev–Trinajstić information content (AvgIpc) is 3.01. The van der Waals surface area contributed by atoms with Gasteiger partial charge in [-0.25, -0.2) is 4.79 Å². The predicted octanol–water partition coefficient (Wildman–Crippen LogP) is 5.60. The van der Waals surface area contributed by atoms with Gasteiger partial charge in [-0.15, -0.1) is 10.2 Å². The molecule has 168 valence electrons. The molecule has 3 aromatic rings. The first kappa shape index (κ1) is 22.1. The molecular formula is C26H33N5O. The van der Waals surface area contributed by atoms with E-state index >= 15 is 0 Å². The van der Waals surface area contributed by atoms with E-state index in [0.717, 1.165) is 54.3 Å². The Labute approximate surface area is 190 Å². The lowest BCUT2D eigenvalue weighted by atomic mass is 9.88. The van der Waals surface area contributed by atoms with Crippen LogP contribution < -0.4 is 10.6 Å². The number of nitrogens with zero attached hydrogens (tertiary/aromatic N) is 3. The van der Waals surface area contributed by atoms with Gasteiger partial charge in [0.2, 0.25) is 0 Å². The van der Waals surface area contributed by atoms with E-state index in [9.17, 15) is 4.79 Å². The number of hydrogen-bond acceptors (Lipinski definition) is 3. The molecule has 1 aliphatic rings. The Hall–Kier alpha value is -3.15. The van der Waals surface area contributed by atoms with Gasteiger partial charge in [0.25, 0.3) is 0 Å². The maximum absolute atomic E-state index is 12.8. The van der Waals surface area contributed by atoms with E-state index in [1.807, 2.05) is 38.1 Å². The highest BCUT2D eigenvalue weighted by atomic mass is 16.2. The molecule has 0 aliphatic carbocycles. The molecule has 0 atom stereocenters. The van der Waals surface area contributed by atoms with Crippen LogP contribution in [0, 0.1) is 6.92 Å². The standard InChI is InChI=1S/C26H33N5O/c1-5-19-17-18(2)10-15-22(19)26(3,4)28-25(32)27-21-13-11-20(12-14-21)24-30-29-23-9-7-6-8-16-31(23)24/h10-15,17H,5-9,16H2,1-4H3,(H2,27,28,32). The van der Waals surface area contributed by atoms with Gasteiger partial charge in [0.05, 0.1) is 5.54 Å². The number of carbonyl (C=O) groups excluding carboxylic acids is 1. The second-order valence-electron chi connectivity index (χ2n) is 9.20. The van der Waals surface area contributed by atoms with Crippen LogP contribution in [0.3, 0.4) is 0 Å². The van der Waals surface area contributed by atoms with Crippen molar-refractivity contribution in [3.8, 4) is 11.4 Å². The third-order valence-electron chi connectivity index (χ3n) is 6.25. The average molecular weight is 432 g/mol. The summed E-state index contributed by atoms with van der Waals surface area (Å²) in [5.74, 6) is 1.98. The zero-order chi connectivity index (χ0) is 22.7. The number of benzene rings is 2. The predicted molar refractivity (Wildman–Crippen MR) is 129 cm³/mol. The molecule has 0 unspecified atom stereocenters. The number of urea groups is 1. The van der Waals surface area contributed by atoms with Gasteiger partial charge >= 0.3 is 6.03 Å². The van der Waals surface area contributed by atoms with Crippen molar-refractivity contribution < 1.29 is 4.79 Å². The minimum atomic E-state index is -0.484. The Morgan fingerprint density at radius 3 is 2.59 bits per heavy atom. The fraction of sp³-hybridized carbons (Fsp3) is 0.423. The van der Waals surface area contributed by atoms with Crippen molar-refractivity contribution in [2.75, 3.05) is 5.32 Å². The highest BCUT2D eigenvalue weighted by Gasteiger charge is 2.25. The van der Waals surface area contributed by atoms with Crippen molar-refractivity contribution in [3.63, 3.8) is 0 Å². The molecule has 1 aliphatic heterocycles. The number of fused-ring (bicyclic) bond motifs is 1. The first-order valence-corrected chi connectivity index (χ1v) is 11.6. The molecule has 0 fully saturated rings. The molecule has 4 rings (SSSR count). The molecule has 32 heavy (non-hydrogen) atoms. The van der Waals surface area contributed by atoms with E-state index < -0.39 is 5.54 Å². The molecule has 0 saturated heterocycles. The molecule has 0 saturated carbocycles. The Morgan fingerprint density at radius 1 is 1.06 bits per heavy atom. The van der Waals surface area contributed by atoms with Crippen molar-refractivity contribution >= 4 is 11.7 Å². The number of hydrogen-bond donors (Lipinski definition) is 2. The van der Waals surface area contributed by atoms with E-state index in [0.29, 0.717) is 0 Å². The normalized spacial score (nSPS) is 13.9. The largest absolute Gasteiger partial charge is 0.329 e. The number of carbonyl (C=O) groups is 1. The maximum atomic E-state index is 12.8. The van der Waals surface area contributed by atoms with Crippen LogP contribution in [0.5, 0.6) is 0 Å². The van der Waals surface area contributed by atoms with Crippen molar-refractivity contribution in [2.24, 2.45) is 0 Å². The zero-order valence-corrected chi connectivity index (χ0v) is 19.5. The van der Waals surface area contributed by atoms with E-state index in [1.165, 1.54) is 24.0 Å². The second-order valence-corrected chi connectivity index (χ2v) is 9.20. The SMILES string of the molecule is CCc1cc(C)ccc1C(C)(C)NC(=O)Nc1ccc(-c2nnc3n2CCCCC3)cc1. The summed E-state index contributed by atoms with van der Waals surface area (Å²) >= 11 is 0. The van der Waals surface area contributed by atoms with Crippen LogP contribution in [0.1, 0.15) is 62.5 Å². The topological polar surface area (TPSA) is 71.8 Å². The molecule has 0 spiro atoms. The molecule has 6 heteroatoms. The second kappa shape index (κ2) is 9.15. The van der Waals surface area contributed by atoms with Gasteiger partial charge < -0.3 is 15.2 Å². The lowest BCUT2D eigenvalue weighted by Crippen LogP contribution is -2.43. The number of aryl methyl sites for hydroxylation is 3. The van der Waals surface area contributed by atoms with Crippen LogP contribution in [0.4, 0.5) is 10.5 Å². The molecule has 2 N–H and O–H groups in total. The fourth-order valence-corrected chi connectivity index (χ4v) is 4.54. The van der Waals surface area contributed by atoms with Crippen molar-refractivity contribution in [1.29, 1.82) is 0 Å². The fourth-order valence-electron chi connectivity index (χ4n) is 4.54. The summed E-state index contributed by atoms with van der Waals surface area (Å²) in [7, 11) is 0. The van der Waals surface area contributed by atoms with Crippen LogP contribution in [-0.2, 0) is 24.9 Å². The van der Waals surface area contributed by atoms with Gasteiger partial charge in [0, 0.05) is 24.2 Å². The van der Waals surface area contributed by atoms with Gasteiger partial charge in [0.15, 0.2) is 5.82 Å². The van der Waals surface area contributed by atoms with Gasteiger partial charge in [0.1, 0.15) is 5.82 Å². The Balaban J connectivity index is 1.45. The Kier molecular flexibility index (Phi) is 6.31. The first-order valence-electron chi connectivity index (χ1n) is 11.6. The smallest absolute Gasteiger partial charge is 0.319 e. The summed E-state index contributed by atoms with van der Waals surface area (Å²) in [6.45, 7) is 9.28. The molecule has 2 heterocycles. The van der Waals surface area contributed by atoms with Crippen molar-refractivity contribution in [1.82, 2.24) is 20.1 Å². The summed E-state index contributed by atoms with van der Waals surface area (Å²) in [5, 5.41) is 14.9. The van der Waals surface area contributed by atoms with Gasteiger partial charge in [-0.2, -0.15) is 0 Å². The third kappa shape index (κ3) is 4.69. The lowest BCUT2D eigenvalue weighted by molar-refractivity contribution is 0.241. The number of amides is 2. The molecule has 0 bridgehead atoms. The van der Waals surface area contributed by atoms with Crippen LogP contribution in [-0.4, -0.2) is 20.8 Å². The number of nitrogens with one attached hydrogen (secondary N) is 2. The van der Waals surface area contributed by atoms with E-state index in [2.05, 4.69) is 57.4 Å². The van der Waals surface area contributed by atoms with E-state index in [1.54, 1.807) is 0 Å². The Morgan fingerprint density at radius 2 is 1.84 bits per heavy atom. The highest BCUT2D eigenvalue weighted by molar-refractivity contribution is 5.90. The minimum Gasteiger partial charge on any atom is -0.329 e. The Bertz CT molecular complexity index is 1100. The third-order valence-corrected chi connectivity index (χ3v) is 6.25. The summed E-state index contributed by atoms with van der Waals surface area (Å²) in [6, 6.07) is 14.0. The lowest BCUT2D eigenvalue weighted by Gasteiger charge is -2.29. The number of aromatic nitrogens is 3. The van der Waals surface area contributed by atoms with Crippen LogP contribution in [0.25, 0.3) is 11.4 Å². The molecule has 2 amide bonds.